The minimum absolute atomic E-state index is 0.0346. The molecule has 3 N–H and O–H groups in total. The molecule has 0 unspecified atom stereocenters. The van der Waals surface area contributed by atoms with Crippen LogP contribution >= 0.6 is 11.6 Å². The van der Waals surface area contributed by atoms with Gasteiger partial charge in [0.05, 0.1) is 12.0 Å². The highest BCUT2D eigenvalue weighted by Gasteiger charge is 2.33. The molecule has 0 atom stereocenters. The summed E-state index contributed by atoms with van der Waals surface area (Å²) < 4.78 is 73.4. The largest absolute Gasteiger partial charge is 0.457 e. The number of nitrogens with zero attached hydrogens (tertiary/aromatic N) is 1. The van der Waals surface area contributed by atoms with Crippen LogP contribution in [0.5, 0.6) is 11.5 Å². The number of aromatic nitrogens is 1. The van der Waals surface area contributed by atoms with Crippen molar-refractivity contribution in [3.05, 3.63) is 77.1 Å². The van der Waals surface area contributed by atoms with E-state index in [0.717, 1.165) is 12.1 Å². The summed E-state index contributed by atoms with van der Waals surface area (Å²) >= 11 is 5.56. The number of hydrogen-bond donors (Lipinski definition) is 3. The molecule has 2 aromatic carbocycles. The number of carbonyl (C=O) groups is 2. The molecule has 1 aromatic heterocycles. The molecule has 1 heterocycles. The topological polar surface area (TPSA) is 92.4 Å². The lowest BCUT2D eigenvalue weighted by Gasteiger charge is -2.12. The number of alkyl halides is 3. The van der Waals surface area contributed by atoms with Gasteiger partial charge >= 0.3 is 12.2 Å². The van der Waals surface area contributed by atoms with Crippen LogP contribution in [0.15, 0.2) is 60.8 Å². The molecular formula is C21H16ClF3N4O3. The lowest BCUT2D eigenvalue weighted by atomic mass is 10.2. The van der Waals surface area contributed by atoms with E-state index in [2.05, 4.69) is 15.6 Å². The molecule has 0 saturated carbocycles. The van der Waals surface area contributed by atoms with Crippen molar-refractivity contribution < 1.29 is 33.0 Å². The zero-order chi connectivity index (χ0) is 26.7. The molecule has 3 rings (SSSR count). The molecule has 3 aromatic rings. The van der Waals surface area contributed by atoms with Crippen LogP contribution in [0.4, 0.5) is 29.3 Å². The van der Waals surface area contributed by atoms with E-state index in [1.165, 1.54) is 36.4 Å². The van der Waals surface area contributed by atoms with Gasteiger partial charge in [0.1, 0.15) is 17.2 Å². The average Bonchev–Trinajstić information content (AvgIpc) is 2.74. The number of benzene rings is 2. The van der Waals surface area contributed by atoms with Crippen molar-refractivity contribution in [2.24, 2.45) is 0 Å². The van der Waals surface area contributed by atoms with Gasteiger partial charge in [0.15, 0.2) is 0 Å². The number of ether oxygens (including phenoxy) is 1. The number of carbonyl (C=O) groups excluding carboxylic acids is 2. The van der Waals surface area contributed by atoms with Crippen LogP contribution in [0.25, 0.3) is 0 Å². The minimum atomic E-state index is -4.68. The first-order valence-corrected chi connectivity index (χ1v) is 9.11. The van der Waals surface area contributed by atoms with Crippen molar-refractivity contribution in [1.29, 1.82) is 0 Å². The summed E-state index contributed by atoms with van der Waals surface area (Å²) in [5.74, 6) is -0.740. The van der Waals surface area contributed by atoms with E-state index >= 15 is 0 Å². The van der Waals surface area contributed by atoms with Crippen molar-refractivity contribution in [2.45, 2.75) is 6.18 Å². The molecule has 3 amide bonds. The molecule has 0 bridgehead atoms. The van der Waals surface area contributed by atoms with Crippen LogP contribution < -0.4 is 20.7 Å². The smallest absolute Gasteiger partial charge is 0.417 e. The van der Waals surface area contributed by atoms with Crippen LogP contribution in [0.2, 0.25) is 5.02 Å². The van der Waals surface area contributed by atoms with Crippen LogP contribution in [-0.4, -0.2) is 23.9 Å². The number of nitrogens with one attached hydrogen (secondary N) is 3. The zero-order valence-electron chi connectivity index (χ0n) is 19.9. The Labute approximate surface area is 191 Å². The Bertz CT molecular complexity index is 1290. The van der Waals surface area contributed by atoms with Gasteiger partial charge in [-0.15, -0.1) is 0 Å². The molecule has 32 heavy (non-hydrogen) atoms. The molecule has 7 nitrogen and oxygen atoms in total. The second-order valence-electron chi connectivity index (χ2n) is 6.17. The molecule has 0 radical (unpaired) electrons. The predicted octanol–water partition coefficient (Wildman–Crippen LogP) is 5.55. The summed E-state index contributed by atoms with van der Waals surface area (Å²) in [5, 5.41) is 5.98. The van der Waals surface area contributed by atoms with Gasteiger partial charge in [-0.1, -0.05) is 11.6 Å². The monoisotopic (exact) mass is 468 g/mol. The Kier molecular flexibility index (Phi) is 5.33. The fourth-order valence-corrected chi connectivity index (χ4v) is 2.69. The molecule has 0 saturated heterocycles. The lowest BCUT2D eigenvalue weighted by Crippen LogP contribution is -2.19. The second-order valence-corrected chi connectivity index (χ2v) is 6.58. The van der Waals surface area contributed by atoms with Crippen molar-refractivity contribution in [2.75, 3.05) is 17.6 Å². The predicted molar refractivity (Wildman–Crippen MR) is 113 cm³/mol. The fourth-order valence-electron chi connectivity index (χ4n) is 2.47. The summed E-state index contributed by atoms with van der Waals surface area (Å²) in [7, 11) is 0. The quantitative estimate of drug-likeness (QED) is 0.457. The van der Waals surface area contributed by atoms with Gasteiger partial charge in [-0.05, 0) is 48.5 Å². The number of anilines is 2. The molecule has 166 valence electrons. The molecule has 0 aliphatic heterocycles. The van der Waals surface area contributed by atoms with Crippen LogP contribution in [0.1, 0.15) is 21.5 Å². The summed E-state index contributed by atoms with van der Waals surface area (Å²) in [6.07, 6.45) is -5.02. The maximum Gasteiger partial charge on any atom is 0.417 e. The Morgan fingerprint density at radius 1 is 1.03 bits per heavy atom. The van der Waals surface area contributed by atoms with E-state index in [1.807, 2.05) is 0 Å². The summed E-state index contributed by atoms with van der Waals surface area (Å²) in [5.41, 5.74) is -1.26. The van der Waals surface area contributed by atoms with Gasteiger partial charge in [-0.2, -0.15) is 13.2 Å². The first kappa shape index (κ1) is 17.8. The Morgan fingerprint density at radius 3 is 2.41 bits per heavy atom. The molecule has 0 fully saturated rings. The molecule has 11 heteroatoms. The van der Waals surface area contributed by atoms with Crippen molar-refractivity contribution in [3.8, 4) is 11.5 Å². The Balaban J connectivity index is 1.65. The standard InChI is InChI=1S/C21H16ClF3N4O3/c1-26-19(30)18-11-15(8-9-27-18)32-14-5-2-12(3-6-14)28-20(31)29-13-4-7-17(22)16(10-13)21(23,24)25/h2-11H,1H3,(H,26,30)(H2,28,29,31)/i1D3,9D. The Hall–Kier alpha value is -3.79. The zero-order valence-corrected chi connectivity index (χ0v) is 16.6. The van der Waals surface area contributed by atoms with Gasteiger partial charge in [0.25, 0.3) is 5.91 Å². The van der Waals surface area contributed by atoms with Gasteiger partial charge in [-0.3, -0.25) is 9.78 Å². The van der Waals surface area contributed by atoms with Gasteiger partial charge in [-0.25, -0.2) is 4.79 Å². The average molecular weight is 469 g/mol. The van der Waals surface area contributed by atoms with E-state index in [9.17, 15) is 22.8 Å². The molecule has 0 aliphatic rings. The SMILES string of the molecule is [2H]c1cc(Oc2ccc(NC(=O)Nc3ccc(Cl)c(C(F)(F)F)c3)cc2)cc(C(=O)NC([2H])([2H])[2H])n1. The van der Waals surface area contributed by atoms with E-state index in [0.29, 0.717) is 6.07 Å². The maximum absolute atomic E-state index is 13.0. The van der Waals surface area contributed by atoms with E-state index in [1.54, 1.807) is 5.32 Å². The molecule has 0 spiro atoms. The van der Waals surface area contributed by atoms with Crippen molar-refractivity contribution in [1.82, 2.24) is 10.3 Å². The van der Waals surface area contributed by atoms with Crippen molar-refractivity contribution in [3.63, 3.8) is 0 Å². The summed E-state index contributed by atoms with van der Waals surface area (Å²) in [4.78, 5) is 27.8. The third kappa shape index (κ3) is 5.88. The van der Waals surface area contributed by atoms with Crippen LogP contribution in [0, 0.1) is 0 Å². The van der Waals surface area contributed by atoms with Crippen LogP contribution in [0.3, 0.4) is 0 Å². The highest BCUT2D eigenvalue weighted by molar-refractivity contribution is 6.31. The number of amides is 3. The highest BCUT2D eigenvalue weighted by Crippen LogP contribution is 2.36. The highest BCUT2D eigenvalue weighted by atomic mass is 35.5. The van der Waals surface area contributed by atoms with E-state index in [-0.39, 0.29) is 34.7 Å². The fraction of sp³-hybridized carbons (Fsp3) is 0.0952. The van der Waals surface area contributed by atoms with E-state index < -0.39 is 35.7 Å². The summed E-state index contributed by atoms with van der Waals surface area (Å²) in [6, 6.07) is 10.2. The van der Waals surface area contributed by atoms with E-state index in [4.69, 9.17) is 21.8 Å². The van der Waals surface area contributed by atoms with Crippen LogP contribution in [-0.2, 0) is 6.18 Å². The molecule has 0 aliphatic carbocycles. The third-order valence-corrected chi connectivity index (χ3v) is 4.22. The van der Waals surface area contributed by atoms with Gasteiger partial charge in [0.2, 0.25) is 0 Å². The number of rotatable bonds is 5. The number of urea groups is 1. The third-order valence-electron chi connectivity index (χ3n) is 3.89. The maximum atomic E-state index is 13.0. The summed E-state index contributed by atoms with van der Waals surface area (Å²) in [6.45, 7) is -2.74. The first-order chi connectivity index (χ1) is 16.7. The molecular weight excluding hydrogens is 449 g/mol. The second kappa shape index (κ2) is 9.56. The van der Waals surface area contributed by atoms with Gasteiger partial charge < -0.3 is 20.7 Å². The number of hydrogen-bond acceptors (Lipinski definition) is 4. The number of halogens is 4. The first-order valence-electron chi connectivity index (χ1n) is 10.7. The van der Waals surface area contributed by atoms with Crippen molar-refractivity contribution >= 4 is 34.9 Å². The normalized spacial score (nSPS) is 13.1. The van der Waals surface area contributed by atoms with Gasteiger partial charge in [0, 0.05) is 34.7 Å². The lowest BCUT2D eigenvalue weighted by molar-refractivity contribution is -0.137. The minimum Gasteiger partial charge on any atom is -0.457 e. The number of pyridine rings is 1. The Morgan fingerprint density at radius 2 is 1.72 bits per heavy atom.